The van der Waals surface area contributed by atoms with Gasteiger partial charge in [-0.05, 0) is 117 Å². The quantitative estimate of drug-likeness (QED) is 0.222. The van der Waals surface area contributed by atoms with E-state index in [0.29, 0.717) is 17.3 Å². The lowest BCUT2D eigenvalue weighted by Crippen LogP contribution is -2.51. The molecule has 3 heteroatoms. The smallest absolute Gasteiger partial charge is 0.307 e. The van der Waals surface area contributed by atoms with Gasteiger partial charge in [0, 0.05) is 13.0 Å². The first-order chi connectivity index (χ1) is 18.2. The van der Waals surface area contributed by atoms with Crippen molar-refractivity contribution in [2.45, 2.75) is 137 Å². The van der Waals surface area contributed by atoms with Gasteiger partial charge in [0.05, 0.1) is 6.42 Å². The second kappa shape index (κ2) is 12.0. The van der Waals surface area contributed by atoms with Crippen LogP contribution in [0.25, 0.3) is 0 Å². The number of esters is 1. The Balaban J connectivity index is 1.17. The Bertz CT molecular complexity index is 843. The van der Waals surface area contributed by atoms with Crippen molar-refractivity contribution in [2.75, 3.05) is 19.6 Å². The van der Waals surface area contributed by atoms with Crippen molar-refractivity contribution in [1.29, 1.82) is 0 Å². The Morgan fingerprint density at radius 2 is 1.79 bits per heavy atom. The molecule has 8 unspecified atom stereocenters. The minimum Gasteiger partial charge on any atom is -0.462 e. The van der Waals surface area contributed by atoms with Crippen LogP contribution in [0.15, 0.2) is 11.6 Å². The molecule has 4 aliphatic carbocycles. The van der Waals surface area contributed by atoms with Crippen molar-refractivity contribution in [3.05, 3.63) is 11.6 Å². The molecule has 5 rings (SSSR count). The highest BCUT2D eigenvalue weighted by molar-refractivity contribution is 5.69. The molecule has 216 valence electrons. The number of ether oxygens (including phenoxy) is 1. The minimum atomic E-state index is 0.0337. The summed E-state index contributed by atoms with van der Waals surface area (Å²) in [5, 5.41) is 0. The van der Waals surface area contributed by atoms with E-state index in [9.17, 15) is 4.79 Å². The summed E-state index contributed by atoms with van der Waals surface area (Å²) in [6.07, 6.45) is 21.8. The summed E-state index contributed by atoms with van der Waals surface area (Å²) in [7, 11) is 0. The molecule has 1 saturated heterocycles. The Labute approximate surface area is 234 Å². The zero-order valence-corrected chi connectivity index (χ0v) is 25.6. The largest absolute Gasteiger partial charge is 0.462 e. The van der Waals surface area contributed by atoms with Gasteiger partial charge in [-0.1, -0.05) is 72.0 Å². The first-order valence-corrected chi connectivity index (χ1v) is 16.8. The average molecular weight is 526 g/mol. The zero-order valence-electron chi connectivity index (χ0n) is 25.6. The second-order valence-electron chi connectivity index (χ2n) is 15.3. The molecule has 0 aromatic rings. The summed E-state index contributed by atoms with van der Waals surface area (Å²) < 4.78 is 6.08. The second-order valence-corrected chi connectivity index (χ2v) is 15.3. The van der Waals surface area contributed by atoms with Gasteiger partial charge in [0.2, 0.25) is 0 Å². The predicted molar refractivity (Wildman–Crippen MR) is 158 cm³/mol. The van der Waals surface area contributed by atoms with Gasteiger partial charge in [-0.25, -0.2) is 0 Å². The molecular formula is C35H59NO2. The normalized spacial score (nSPS) is 40.2. The van der Waals surface area contributed by atoms with E-state index in [1.807, 2.05) is 0 Å². The summed E-state index contributed by atoms with van der Waals surface area (Å²) in [6.45, 7) is 15.8. The fourth-order valence-corrected chi connectivity index (χ4v) is 10.4. The van der Waals surface area contributed by atoms with Gasteiger partial charge in [0.15, 0.2) is 0 Å². The number of piperidine rings is 1. The van der Waals surface area contributed by atoms with Gasteiger partial charge in [-0.3, -0.25) is 4.79 Å². The van der Waals surface area contributed by atoms with Crippen molar-refractivity contribution in [1.82, 2.24) is 4.90 Å². The van der Waals surface area contributed by atoms with E-state index in [0.717, 1.165) is 68.0 Å². The maximum Gasteiger partial charge on any atom is 0.307 e. The molecule has 38 heavy (non-hydrogen) atoms. The Morgan fingerprint density at radius 1 is 1.00 bits per heavy atom. The van der Waals surface area contributed by atoms with Crippen LogP contribution in [0.4, 0.5) is 0 Å². The SMILES string of the molecule is CC(C)CCCC(C)C1CCC2C3CC=C4CC(OC(=O)CCN5CCCCC5)CCC4(C)C3CCC12C. The number of likely N-dealkylation sites (tertiary alicyclic amines) is 1. The topological polar surface area (TPSA) is 29.5 Å². The molecule has 0 aromatic carbocycles. The summed E-state index contributed by atoms with van der Waals surface area (Å²) in [6, 6.07) is 0. The maximum atomic E-state index is 12.7. The Kier molecular flexibility index (Phi) is 9.03. The maximum absolute atomic E-state index is 12.7. The lowest BCUT2D eigenvalue weighted by Gasteiger charge is -2.58. The number of fused-ring (bicyclic) bond motifs is 5. The third kappa shape index (κ3) is 5.80. The molecule has 0 aromatic heterocycles. The van der Waals surface area contributed by atoms with E-state index < -0.39 is 0 Å². The fraction of sp³-hybridized carbons (Fsp3) is 0.914. The molecule has 1 aliphatic heterocycles. The van der Waals surface area contributed by atoms with E-state index in [1.54, 1.807) is 5.57 Å². The lowest BCUT2D eigenvalue weighted by atomic mass is 9.47. The molecule has 4 fully saturated rings. The number of nitrogens with zero attached hydrogens (tertiary/aromatic N) is 1. The Morgan fingerprint density at radius 3 is 2.55 bits per heavy atom. The third-order valence-corrected chi connectivity index (χ3v) is 12.6. The molecule has 0 spiro atoms. The molecular weight excluding hydrogens is 466 g/mol. The minimum absolute atomic E-state index is 0.0337. The van der Waals surface area contributed by atoms with Gasteiger partial charge in [-0.2, -0.15) is 0 Å². The first-order valence-electron chi connectivity index (χ1n) is 16.8. The molecule has 3 nitrogen and oxygen atoms in total. The molecule has 0 radical (unpaired) electrons. The van der Waals surface area contributed by atoms with Crippen LogP contribution in [0.1, 0.15) is 131 Å². The summed E-state index contributed by atoms with van der Waals surface area (Å²) >= 11 is 0. The van der Waals surface area contributed by atoms with Crippen LogP contribution in [-0.4, -0.2) is 36.6 Å². The van der Waals surface area contributed by atoms with Gasteiger partial charge in [-0.15, -0.1) is 0 Å². The number of allylic oxidation sites excluding steroid dienone is 1. The van der Waals surface area contributed by atoms with Gasteiger partial charge >= 0.3 is 5.97 Å². The van der Waals surface area contributed by atoms with Crippen LogP contribution < -0.4 is 0 Å². The molecule has 5 aliphatic rings. The summed E-state index contributed by atoms with van der Waals surface area (Å²) in [5.74, 6) is 5.31. The highest BCUT2D eigenvalue weighted by Gasteiger charge is 2.59. The average Bonchev–Trinajstić information content (AvgIpc) is 3.25. The van der Waals surface area contributed by atoms with Crippen molar-refractivity contribution in [3.63, 3.8) is 0 Å². The lowest BCUT2D eigenvalue weighted by molar-refractivity contribution is -0.152. The van der Waals surface area contributed by atoms with E-state index in [-0.39, 0.29) is 12.1 Å². The van der Waals surface area contributed by atoms with Crippen molar-refractivity contribution >= 4 is 5.97 Å². The van der Waals surface area contributed by atoms with Crippen LogP contribution >= 0.6 is 0 Å². The zero-order chi connectivity index (χ0) is 26.9. The van der Waals surface area contributed by atoms with E-state index >= 15 is 0 Å². The molecule has 0 bridgehead atoms. The number of carbonyl (C=O) groups is 1. The van der Waals surface area contributed by atoms with E-state index in [4.69, 9.17) is 4.74 Å². The highest BCUT2D eigenvalue weighted by atomic mass is 16.5. The van der Waals surface area contributed by atoms with Gasteiger partial charge < -0.3 is 9.64 Å². The van der Waals surface area contributed by atoms with Crippen LogP contribution in [0.2, 0.25) is 0 Å². The van der Waals surface area contributed by atoms with E-state index in [1.165, 1.54) is 77.0 Å². The van der Waals surface area contributed by atoms with Crippen LogP contribution in [0.3, 0.4) is 0 Å². The first kappa shape index (κ1) is 28.7. The number of rotatable bonds is 9. The Hall–Kier alpha value is -0.830. The number of hydrogen-bond acceptors (Lipinski definition) is 3. The predicted octanol–water partition coefficient (Wildman–Crippen LogP) is 8.82. The third-order valence-electron chi connectivity index (χ3n) is 12.6. The monoisotopic (exact) mass is 525 g/mol. The molecule has 3 saturated carbocycles. The van der Waals surface area contributed by atoms with Crippen LogP contribution in [0.5, 0.6) is 0 Å². The summed E-state index contributed by atoms with van der Waals surface area (Å²) in [5.41, 5.74) is 2.53. The molecule has 1 heterocycles. The van der Waals surface area contributed by atoms with Gasteiger partial charge in [0.25, 0.3) is 0 Å². The number of carbonyl (C=O) groups excluding carboxylic acids is 1. The fourth-order valence-electron chi connectivity index (χ4n) is 10.4. The van der Waals surface area contributed by atoms with Crippen LogP contribution in [-0.2, 0) is 9.53 Å². The van der Waals surface area contributed by atoms with Gasteiger partial charge in [0.1, 0.15) is 6.10 Å². The van der Waals surface area contributed by atoms with Crippen molar-refractivity contribution < 1.29 is 9.53 Å². The standard InChI is InChI=1S/C35H59NO2/c1-25(2)10-9-11-26(3)30-14-15-31-29-13-12-27-24-28(38-33(37)18-23-36-21-7-6-8-22-36)16-19-34(27,4)32(29)17-20-35(30,31)5/h12,25-26,28-32H,6-11,13-24H2,1-5H3. The molecule has 0 amide bonds. The number of hydrogen-bond donors (Lipinski definition) is 0. The van der Waals surface area contributed by atoms with E-state index in [2.05, 4.69) is 45.6 Å². The molecule has 0 N–H and O–H groups in total. The molecule has 8 atom stereocenters. The van der Waals surface area contributed by atoms with Crippen LogP contribution in [0, 0.1) is 46.3 Å². The highest BCUT2D eigenvalue weighted by Crippen LogP contribution is 2.67. The van der Waals surface area contributed by atoms with Crippen molar-refractivity contribution in [2.24, 2.45) is 46.3 Å². The van der Waals surface area contributed by atoms with Crippen molar-refractivity contribution in [3.8, 4) is 0 Å². The summed E-state index contributed by atoms with van der Waals surface area (Å²) in [4.78, 5) is 15.1.